The van der Waals surface area contributed by atoms with Gasteiger partial charge in [-0.05, 0) is 13.0 Å². The van der Waals surface area contributed by atoms with Gasteiger partial charge >= 0.3 is 0 Å². The summed E-state index contributed by atoms with van der Waals surface area (Å²) in [5, 5.41) is 0.549. The van der Waals surface area contributed by atoms with Crippen LogP contribution in [0.3, 0.4) is 0 Å². The van der Waals surface area contributed by atoms with E-state index in [-0.39, 0.29) is 0 Å². The summed E-state index contributed by atoms with van der Waals surface area (Å²) in [6, 6.07) is 9.23. The highest BCUT2D eigenvalue weighted by molar-refractivity contribution is 6.32. The van der Waals surface area contributed by atoms with Crippen molar-refractivity contribution in [2.24, 2.45) is 5.73 Å². The Balaban J connectivity index is 2.19. The lowest BCUT2D eigenvalue weighted by molar-refractivity contribution is 0.297. The van der Waals surface area contributed by atoms with Crippen molar-refractivity contribution in [3.05, 3.63) is 52.3 Å². The summed E-state index contributed by atoms with van der Waals surface area (Å²) in [5.41, 5.74) is 8.21. The van der Waals surface area contributed by atoms with Crippen molar-refractivity contribution in [1.29, 1.82) is 0 Å². The van der Waals surface area contributed by atoms with Crippen LogP contribution in [-0.4, -0.2) is 12.1 Å². The molecule has 1 aromatic carbocycles. The third kappa shape index (κ3) is 3.40. The molecule has 0 fully saturated rings. The lowest BCUT2D eigenvalue weighted by Crippen LogP contribution is -2.05. The van der Waals surface area contributed by atoms with Crippen molar-refractivity contribution in [3.63, 3.8) is 0 Å². The fourth-order valence-corrected chi connectivity index (χ4v) is 2.17. The van der Waals surface area contributed by atoms with Gasteiger partial charge in [0, 0.05) is 29.9 Å². The summed E-state index contributed by atoms with van der Waals surface area (Å²) in [7, 11) is 1.63. The van der Waals surface area contributed by atoms with E-state index in [1.807, 2.05) is 31.2 Å². The minimum absolute atomic E-state index is 0.314. The first-order valence-electron chi connectivity index (χ1n) is 6.26. The molecular formula is C15H17ClN2O2. The molecule has 4 nitrogen and oxygen atoms in total. The van der Waals surface area contributed by atoms with Crippen LogP contribution in [-0.2, 0) is 13.2 Å². The molecule has 0 spiro atoms. The molecule has 2 aromatic rings. The van der Waals surface area contributed by atoms with E-state index >= 15 is 0 Å². The summed E-state index contributed by atoms with van der Waals surface area (Å²) in [4.78, 5) is 4.40. The number of hydrogen-bond donors (Lipinski definition) is 1. The van der Waals surface area contributed by atoms with Gasteiger partial charge in [-0.2, -0.15) is 0 Å². The van der Waals surface area contributed by atoms with E-state index in [2.05, 4.69) is 4.98 Å². The lowest BCUT2D eigenvalue weighted by Gasteiger charge is -2.12. The molecule has 106 valence electrons. The van der Waals surface area contributed by atoms with E-state index in [0.717, 1.165) is 22.7 Å². The van der Waals surface area contributed by atoms with E-state index in [1.54, 1.807) is 13.2 Å². The maximum Gasteiger partial charge on any atom is 0.142 e. The first-order valence-corrected chi connectivity index (χ1v) is 6.63. The Labute approximate surface area is 123 Å². The van der Waals surface area contributed by atoms with Crippen LogP contribution >= 0.6 is 11.6 Å². The Hall–Kier alpha value is -1.78. The highest BCUT2D eigenvalue weighted by atomic mass is 35.5. The van der Waals surface area contributed by atoms with Gasteiger partial charge in [0.2, 0.25) is 0 Å². The third-order valence-electron chi connectivity index (χ3n) is 2.85. The van der Waals surface area contributed by atoms with Crippen molar-refractivity contribution < 1.29 is 9.47 Å². The van der Waals surface area contributed by atoms with Crippen molar-refractivity contribution in [1.82, 2.24) is 4.98 Å². The summed E-state index contributed by atoms with van der Waals surface area (Å²) in [5.74, 6) is 1.37. The number of methoxy groups -OCH3 is 1. The number of pyridine rings is 1. The number of nitrogens with zero attached hydrogens (tertiary/aromatic N) is 1. The predicted molar refractivity (Wildman–Crippen MR) is 79.2 cm³/mol. The zero-order chi connectivity index (χ0) is 14.5. The van der Waals surface area contributed by atoms with Crippen LogP contribution in [0.15, 0.2) is 30.3 Å². The Morgan fingerprint density at radius 3 is 2.80 bits per heavy atom. The standard InChI is InChI=1S/C15H17ClN2O2/c1-10-6-13(19-2)7-12(18-10)9-20-15-11(8-17)4-3-5-14(15)16/h3-7H,8-9,17H2,1-2H3. The van der Waals surface area contributed by atoms with Crippen molar-refractivity contribution in [3.8, 4) is 11.5 Å². The van der Waals surface area contributed by atoms with Crippen molar-refractivity contribution >= 4 is 11.6 Å². The molecule has 0 atom stereocenters. The molecular weight excluding hydrogens is 276 g/mol. The smallest absolute Gasteiger partial charge is 0.142 e. The van der Waals surface area contributed by atoms with Crippen LogP contribution in [0.25, 0.3) is 0 Å². The quantitative estimate of drug-likeness (QED) is 0.920. The summed E-state index contributed by atoms with van der Waals surface area (Å²) in [6.07, 6.45) is 0. The maximum absolute atomic E-state index is 6.14. The zero-order valence-corrected chi connectivity index (χ0v) is 12.3. The average Bonchev–Trinajstić information content (AvgIpc) is 2.45. The van der Waals surface area contributed by atoms with Gasteiger partial charge in [0.05, 0.1) is 17.8 Å². The number of para-hydroxylation sites is 1. The number of benzene rings is 1. The van der Waals surface area contributed by atoms with E-state index in [1.165, 1.54) is 0 Å². The highest BCUT2D eigenvalue weighted by Crippen LogP contribution is 2.29. The summed E-state index contributed by atoms with van der Waals surface area (Å²) in [6.45, 7) is 2.60. The van der Waals surface area contributed by atoms with E-state index < -0.39 is 0 Å². The van der Waals surface area contributed by atoms with Crippen molar-refractivity contribution in [2.75, 3.05) is 7.11 Å². The molecule has 0 saturated carbocycles. The fraction of sp³-hybridized carbons (Fsp3) is 0.267. The molecule has 0 aliphatic rings. The first kappa shape index (κ1) is 14.6. The van der Waals surface area contributed by atoms with Gasteiger partial charge in [-0.15, -0.1) is 0 Å². The molecule has 0 bridgehead atoms. The number of hydrogen-bond acceptors (Lipinski definition) is 4. The van der Waals surface area contributed by atoms with E-state index in [9.17, 15) is 0 Å². The SMILES string of the molecule is COc1cc(C)nc(COc2c(Cl)cccc2CN)c1. The van der Waals surface area contributed by atoms with Gasteiger partial charge in [-0.25, -0.2) is 0 Å². The molecule has 0 radical (unpaired) electrons. The number of aromatic nitrogens is 1. The minimum atomic E-state index is 0.314. The largest absolute Gasteiger partial charge is 0.497 e. The Bertz CT molecular complexity index is 602. The van der Waals surface area contributed by atoms with E-state index in [0.29, 0.717) is 23.9 Å². The molecule has 1 heterocycles. The predicted octanol–water partition coefficient (Wildman–Crippen LogP) is 3.09. The van der Waals surface area contributed by atoms with E-state index in [4.69, 9.17) is 26.8 Å². The number of aryl methyl sites for hydroxylation is 1. The molecule has 2 rings (SSSR count). The van der Waals surface area contributed by atoms with Crippen LogP contribution in [0.4, 0.5) is 0 Å². The Kier molecular flexibility index (Phi) is 4.82. The van der Waals surface area contributed by atoms with Gasteiger partial charge < -0.3 is 15.2 Å². The van der Waals surface area contributed by atoms with Crippen LogP contribution in [0.2, 0.25) is 5.02 Å². The summed E-state index contributed by atoms with van der Waals surface area (Å²) < 4.78 is 11.0. The lowest BCUT2D eigenvalue weighted by atomic mass is 10.2. The number of ether oxygens (including phenoxy) is 2. The molecule has 20 heavy (non-hydrogen) atoms. The third-order valence-corrected chi connectivity index (χ3v) is 3.15. The second kappa shape index (κ2) is 6.59. The maximum atomic E-state index is 6.14. The van der Waals surface area contributed by atoms with Crippen LogP contribution < -0.4 is 15.2 Å². The van der Waals surface area contributed by atoms with Gasteiger partial charge in [0.15, 0.2) is 0 Å². The molecule has 0 amide bonds. The Morgan fingerprint density at radius 1 is 1.30 bits per heavy atom. The van der Waals surface area contributed by atoms with Crippen LogP contribution in [0.5, 0.6) is 11.5 Å². The van der Waals surface area contributed by atoms with Crippen LogP contribution in [0.1, 0.15) is 17.0 Å². The molecule has 0 saturated heterocycles. The molecule has 1 aromatic heterocycles. The van der Waals surface area contributed by atoms with Gasteiger partial charge in [-0.1, -0.05) is 23.7 Å². The molecule has 0 aliphatic heterocycles. The summed E-state index contributed by atoms with van der Waals surface area (Å²) >= 11 is 6.14. The normalized spacial score (nSPS) is 10.4. The van der Waals surface area contributed by atoms with Gasteiger partial charge in [0.1, 0.15) is 18.1 Å². The monoisotopic (exact) mass is 292 g/mol. The Morgan fingerprint density at radius 2 is 2.10 bits per heavy atom. The second-order valence-electron chi connectivity index (χ2n) is 4.36. The average molecular weight is 293 g/mol. The first-order chi connectivity index (χ1) is 9.63. The van der Waals surface area contributed by atoms with Gasteiger partial charge in [-0.3, -0.25) is 4.98 Å². The second-order valence-corrected chi connectivity index (χ2v) is 4.77. The minimum Gasteiger partial charge on any atom is -0.497 e. The molecule has 5 heteroatoms. The topological polar surface area (TPSA) is 57.4 Å². The number of halogens is 1. The number of rotatable bonds is 5. The van der Waals surface area contributed by atoms with Crippen molar-refractivity contribution in [2.45, 2.75) is 20.1 Å². The fourth-order valence-electron chi connectivity index (χ4n) is 1.92. The molecule has 0 unspecified atom stereocenters. The zero-order valence-electron chi connectivity index (χ0n) is 11.5. The molecule has 2 N–H and O–H groups in total. The van der Waals surface area contributed by atoms with Crippen LogP contribution in [0, 0.1) is 6.92 Å². The van der Waals surface area contributed by atoms with Gasteiger partial charge in [0.25, 0.3) is 0 Å². The number of nitrogens with two attached hydrogens (primary N) is 1. The highest BCUT2D eigenvalue weighted by Gasteiger charge is 2.08. The molecule has 0 aliphatic carbocycles.